The molecule has 0 amide bonds. The molecule has 18 heavy (non-hydrogen) atoms. The van der Waals surface area contributed by atoms with Crippen LogP contribution in [0, 0.1) is 0 Å². The number of likely N-dealkylation sites (tertiary alicyclic amines) is 1. The third-order valence-electron chi connectivity index (χ3n) is 3.73. The fourth-order valence-corrected chi connectivity index (χ4v) is 2.86. The van der Waals surface area contributed by atoms with Gasteiger partial charge in [0.2, 0.25) is 0 Å². The average molecular weight is 251 g/mol. The van der Waals surface area contributed by atoms with Gasteiger partial charge in [-0.2, -0.15) is 5.10 Å². The van der Waals surface area contributed by atoms with Crippen LogP contribution in [0.25, 0.3) is 0 Å². The average Bonchev–Trinajstić information content (AvgIpc) is 2.99. The van der Waals surface area contributed by atoms with Gasteiger partial charge < -0.3 is 9.47 Å². The summed E-state index contributed by atoms with van der Waals surface area (Å²) in [4.78, 5) is 2.41. The van der Waals surface area contributed by atoms with Crippen molar-refractivity contribution in [3.8, 4) is 0 Å². The second-order valence-corrected chi connectivity index (χ2v) is 5.13. The van der Waals surface area contributed by atoms with Gasteiger partial charge in [0.15, 0.2) is 5.79 Å². The minimum atomic E-state index is -0.320. The standard InChI is InChI=1S/C13H21N3O2/c1-2-16-10-12(8-14-16)9-15-5-3-4-13(11-15)17-6-7-18-13/h8,10H,2-7,9,11H2,1H3. The summed E-state index contributed by atoms with van der Waals surface area (Å²) in [6.45, 7) is 7.44. The Labute approximate surface area is 108 Å². The summed E-state index contributed by atoms with van der Waals surface area (Å²) in [5.74, 6) is -0.320. The van der Waals surface area contributed by atoms with Crippen LogP contribution in [0.3, 0.4) is 0 Å². The van der Waals surface area contributed by atoms with Crippen LogP contribution in [-0.4, -0.2) is 46.8 Å². The smallest absolute Gasteiger partial charge is 0.181 e. The lowest BCUT2D eigenvalue weighted by Gasteiger charge is -2.38. The minimum absolute atomic E-state index is 0.320. The van der Waals surface area contributed by atoms with Gasteiger partial charge in [0, 0.05) is 31.3 Å². The molecule has 100 valence electrons. The van der Waals surface area contributed by atoms with Crippen molar-refractivity contribution in [1.82, 2.24) is 14.7 Å². The molecule has 0 aromatic carbocycles. The molecule has 1 aromatic rings. The number of nitrogens with zero attached hydrogens (tertiary/aromatic N) is 3. The zero-order chi connectivity index (χ0) is 12.4. The first-order chi connectivity index (χ1) is 8.80. The van der Waals surface area contributed by atoms with E-state index in [4.69, 9.17) is 9.47 Å². The summed E-state index contributed by atoms with van der Waals surface area (Å²) < 4.78 is 13.6. The van der Waals surface area contributed by atoms with E-state index in [0.29, 0.717) is 0 Å². The van der Waals surface area contributed by atoms with Gasteiger partial charge in [0.05, 0.1) is 26.0 Å². The van der Waals surface area contributed by atoms with Gasteiger partial charge in [-0.05, 0) is 19.9 Å². The Morgan fingerprint density at radius 2 is 2.22 bits per heavy atom. The third kappa shape index (κ3) is 2.43. The lowest BCUT2D eigenvalue weighted by Crippen LogP contribution is -2.48. The van der Waals surface area contributed by atoms with E-state index >= 15 is 0 Å². The van der Waals surface area contributed by atoms with Gasteiger partial charge in [0.1, 0.15) is 0 Å². The molecular formula is C13H21N3O2. The van der Waals surface area contributed by atoms with Gasteiger partial charge in [0.25, 0.3) is 0 Å². The maximum Gasteiger partial charge on any atom is 0.181 e. The molecule has 0 radical (unpaired) electrons. The second kappa shape index (κ2) is 4.99. The number of hydrogen-bond donors (Lipinski definition) is 0. The molecule has 1 aromatic heterocycles. The first kappa shape index (κ1) is 12.1. The van der Waals surface area contributed by atoms with E-state index < -0.39 is 0 Å². The van der Waals surface area contributed by atoms with Crippen LogP contribution in [0.4, 0.5) is 0 Å². The van der Waals surface area contributed by atoms with E-state index in [1.54, 1.807) is 0 Å². The third-order valence-corrected chi connectivity index (χ3v) is 3.73. The van der Waals surface area contributed by atoms with Crippen LogP contribution in [-0.2, 0) is 22.6 Å². The highest BCUT2D eigenvalue weighted by Gasteiger charge is 2.40. The van der Waals surface area contributed by atoms with E-state index in [0.717, 1.165) is 52.2 Å². The van der Waals surface area contributed by atoms with E-state index in [1.807, 2.05) is 10.9 Å². The zero-order valence-corrected chi connectivity index (χ0v) is 11.0. The van der Waals surface area contributed by atoms with Gasteiger partial charge in [-0.15, -0.1) is 0 Å². The lowest BCUT2D eigenvalue weighted by atomic mass is 10.0. The monoisotopic (exact) mass is 251 g/mol. The number of piperidine rings is 1. The number of hydrogen-bond acceptors (Lipinski definition) is 4. The molecule has 2 fully saturated rings. The Morgan fingerprint density at radius 3 is 2.94 bits per heavy atom. The molecule has 2 aliphatic rings. The summed E-state index contributed by atoms with van der Waals surface area (Å²) in [6, 6.07) is 0. The lowest BCUT2D eigenvalue weighted by molar-refractivity contribution is -0.190. The van der Waals surface area contributed by atoms with E-state index in [-0.39, 0.29) is 5.79 Å². The van der Waals surface area contributed by atoms with Gasteiger partial charge >= 0.3 is 0 Å². The molecule has 5 nitrogen and oxygen atoms in total. The predicted molar refractivity (Wildman–Crippen MR) is 67.0 cm³/mol. The van der Waals surface area contributed by atoms with Crippen LogP contribution in [0.15, 0.2) is 12.4 Å². The molecule has 0 saturated carbocycles. The Balaban J connectivity index is 1.62. The SMILES string of the molecule is CCn1cc(CN2CCCC3(C2)OCCO3)cn1. The van der Waals surface area contributed by atoms with Crippen molar-refractivity contribution in [2.45, 2.75) is 38.6 Å². The highest BCUT2D eigenvalue weighted by atomic mass is 16.7. The van der Waals surface area contributed by atoms with Crippen molar-refractivity contribution in [2.75, 3.05) is 26.3 Å². The maximum absolute atomic E-state index is 5.79. The topological polar surface area (TPSA) is 39.5 Å². The van der Waals surface area contributed by atoms with Crippen molar-refractivity contribution in [2.24, 2.45) is 0 Å². The van der Waals surface area contributed by atoms with Crippen molar-refractivity contribution >= 4 is 0 Å². The van der Waals surface area contributed by atoms with Crippen molar-refractivity contribution < 1.29 is 9.47 Å². The van der Waals surface area contributed by atoms with Crippen LogP contribution in [0.5, 0.6) is 0 Å². The second-order valence-electron chi connectivity index (χ2n) is 5.13. The molecular weight excluding hydrogens is 230 g/mol. The van der Waals surface area contributed by atoms with E-state index in [1.165, 1.54) is 5.56 Å². The van der Waals surface area contributed by atoms with Crippen molar-refractivity contribution in [3.05, 3.63) is 18.0 Å². The van der Waals surface area contributed by atoms with Crippen molar-refractivity contribution in [3.63, 3.8) is 0 Å². The molecule has 0 unspecified atom stereocenters. The predicted octanol–water partition coefficient (Wildman–Crippen LogP) is 1.24. The van der Waals surface area contributed by atoms with E-state index in [2.05, 4.69) is 23.1 Å². The maximum atomic E-state index is 5.79. The molecule has 0 bridgehead atoms. The zero-order valence-electron chi connectivity index (χ0n) is 11.0. The molecule has 2 saturated heterocycles. The summed E-state index contributed by atoms with van der Waals surface area (Å²) in [5, 5.41) is 4.32. The molecule has 3 heterocycles. The minimum Gasteiger partial charge on any atom is -0.346 e. The Morgan fingerprint density at radius 1 is 1.39 bits per heavy atom. The van der Waals surface area contributed by atoms with Crippen LogP contribution < -0.4 is 0 Å². The molecule has 1 spiro atoms. The van der Waals surface area contributed by atoms with Gasteiger partial charge in [-0.1, -0.05) is 0 Å². The Bertz CT molecular complexity index is 399. The summed E-state index contributed by atoms with van der Waals surface area (Å²) in [7, 11) is 0. The quantitative estimate of drug-likeness (QED) is 0.810. The van der Waals surface area contributed by atoms with Crippen LogP contribution in [0.2, 0.25) is 0 Å². The Kier molecular flexibility index (Phi) is 3.37. The molecule has 3 rings (SSSR count). The van der Waals surface area contributed by atoms with Crippen molar-refractivity contribution in [1.29, 1.82) is 0 Å². The van der Waals surface area contributed by atoms with Crippen LogP contribution >= 0.6 is 0 Å². The fourth-order valence-electron chi connectivity index (χ4n) is 2.86. The van der Waals surface area contributed by atoms with Gasteiger partial charge in [-0.3, -0.25) is 9.58 Å². The number of rotatable bonds is 3. The summed E-state index contributed by atoms with van der Waals surface area (Å²) in [6.07, 6.45) is 6.25. The highest BCUT2D eigenvalue weighted by Crippen LogP contribution is 2.30. The fraction of sp³-hybridized carbons (Fsp3) is 0.769. The molecule has 0 atom stereocenters. The first-order valence-electron chi connectivity index (χ1n) is 6.81. The number of aryl methyl sites for hydroxylation is 1. The first-order valence-corrected chi connectivity index (χ1v) is 6.81. The summed E-state index contributed by atoms with van der Waals surface area (Å²) in [5.41, 5.74) is 1.27. The molecule has 0 aliphatic carbocycles. The normalized spacial score (nSPS) is 23.8. The molecule has 2 aliphatic heterocycles. The Hall–Kier alpha value is -0.910. The number of aromatic nitrogens is 2. The molecule has 5 heteroatoms. The van der Waals surface area contributed by atoms with Gasteiger partial charge in [-0.25, -0.2) is 0 Å². The molecule has 0 N–H and O–H groups in total. The number of ether oxygens (including phenoxy) is 2. The highest BCUT2D eigenvalue weighted by molar-refractivity contribution is 5.04. The van der Waals surface area contributed by atoms with E-state index in [9.17, 15) is 0 Å². The summed E-state index contributed by atoms with van der Waals surface area (Å²) >= 11 is 0. The van der Waals surface area contributed by atoms with Crippen LogP contribution in [0.1, 0.15) is 25.3 Å². The largest absolute Gasteiger partial charge is 0.346 e.